The first-order chi connectivity index (χ1) is 8.01. The van der Waals surface area contributed by atoms with E-state index in [4.69, 9.17) is 0 Å². The Balaban J connectivity index is 2.28. The number of nitrogens with zero attached hydrogens (tertiary/aromatic N) is 1. The Morgan fingerprint density at radius 3 is 2.41 bits per heavy atom. The number of hydrogen-bond acceptors (Lipinski definition) is 2. The molecule has 1 aliphatic heterocycles. The number of rotatable bonds is 2. The van der Waals surface area contributed by atoms with Crippen molar-refractivity contribution in [1.82, 2.24) is 4.31 Å². The van der Waals surface area contributed by atoms with Gasteiger partial charge in [0.1, 0.15) is 10.7 Å². The molecule has 0 saturated carbocycles. The molecule has 1 fully saturated rings. The van der Waals surface area contributed by atoms with E-state index in [0.29, 0.717) is 19.0 Å². The summed E-state index contributed by atoms with van der Waals surface area (Å²) in [5.41, 5.74) is 0. The molecule has 1 aromatic rings. The highest BCUT2D eigenvalue weighted by atomic mass is 32.2. The van der Waals surface area contributed by atoms with Gasteiger partial charge in [-0.1, -0.05) is 19.1 Å². The zero-order chi connectivity index (χ0) is 12.5. The Kier molecular flexibility index (Phi) is 3.49. The molecule has 1 aliphatic rings. The summed E-state index contributed by atoms with van der Waals surface area (Å²) < 4.78 is 39.3. The molecule has 0 N–H and O–H groups in total. The average molecular weight is 257 g/mol. The van der Waals surface area contributed by atoms with Crippen LogP contribution in [-0.4, -0.2) is 25.8 Å². The molecule has 0 aromatic heterocycles. The van der Waals surface area contributed by atoms with Crippen LogP contribution in [0.25, 0.3) is 0 Å². The monoisotopic (exact) mass is 257 g/mol. The predicted molar refractivity (Wildman–Crippen MR) is 63.6 cm³/mol. The van der Waals surface area contributed by atoms with Gasteiger partial charge in [0, 0.05) is 13.1 Å². The quantitative estimate of drug-likeness (QED) is 0.815. The Labute approximate surface area is 101 Å². The van der Waals surface area contributed by atoms with Gasteiger partial charge >= 0.3 is 0 Å². The average Bonchev–Trinajstić information content (AvgIpc) is 2.30. The van der Waals surface area contributed by atoms with E-state index in [-0.39, 0.29) is 4.90 Å². The molecule has 0 unspecified atom stereocenters. The third-order valence-corrected chi connectivity index (χ3v) is 5.13. The van der Waals surface area contributed by atoms with Gasteiger partial charge in [-0.25, -0.2) is 12.8 Å². The van der Waals surface area contributed by atoms with Gasteiger partial charge in [-0.3, -0.25) is 0 Å². The minimum Gasteiger partial charge on any atom is -0.207 e. The molecule has 0 aliphatic carbocycles. The highest BCUT2D eigenvalue weighted by molar-refractivity contribution is 7.89. The zero-order valence-electron chi connectivity index (χ0n) is 9.77. The normalized spacial score (nSPS) is 19.4. The Bertz CT molecular complexity index is 493. The molecule has 2 rings (SSSR count). The van der Waals surface area contributed by atoms with Crippen LogP contribution in [0.3, 0.4) is 0 Å². The molecule has 0 bridgehead atoms. The number of benzene rings is 1. The summed E-state index contributed by atoms with van der Waals surface area (Å²) in [6, 6.07) is 5.54. The van der Waals surface area contributed by atoms with Crippen LogP contribution in [-0.2, 0) is 10.0 Å². The van der Waals surface area contributed by atoms with E-state index in [9.17, 15) is 12.8 Å². The third kappa shape index (κ3) is 2.50. The molecule has 0 radical (unpaired) electrons. The molecule has 1 heterocycles. The summed E-state index contributed by atoms with van der Waals surface area (Å²) in [5, 5.41) is 0. The number of piperidine rings is 1. The molecule has 5 heteroatoms. The van der Waals surface area contributed by atoms with Gasteiger partial charge in [-0.2, -0.15) is 4.31 Å². The highest BCUT2D eigenvalue weighted by Crippen LogP contribution is 2.24. The molecule has 1 saturated heterocycles. The van der Waals surface area contributed by atoms with Crippen LogP contribution in [0.1, 0.15) is 19.8 Å². The number of hydrogen-bond donors (Lipinski definition) is 0. The first-order valence-electron chi connectivity index (χ1n) is 5.76. The lowest BCUT2D eigenvalue weighted by Gasteiger charge is -2.29. The standard InChI is InChI=1S/C12H16FNO2S/c1-10-6-8-14(9-7-10)17(15,16)12-5-3-2-4-11(12)13/h2-5,10H,6-9H2,1H3. The van der Waals surface area contributed by atoms with E-state index < -0.39 is 15.8 Å². The molecular formula is C12H16FNO2S. The van der Waals surface area contributed by atoms with Crippen molar-refractivity contribution in [2.45, 2.75) is 24.7 Å². The van der Waals surface area contributed by atoms with Crippen LogP contribution >= 0.6 is 0 Å². The molecule has 0 spiro atoms. The Morgan fingerprint density at radius 2 is 1.82 bits per heavy atom. The second-order valence-corrected chi connectivity index (χ2v) is 6.42. The number of sulfonamides is 1. The Hall–Kier alpha value is -0.940. The minimum absolute atomic E-state index is 0.213. The number of halogens is 1. The van der Waals surface area contributed by atoms with Crippen molar-refractivity contribution in [3.05, 3.63) is 30.1 Å². The molecule has 0 atom stereocenters. The van der Waals surface area contributed by atoms with Gasteiger partial charge in [0.25, 0.3) is 0 Å². The van der Waals surface area contributed by atoms with Crippen molar-refractivity contribution < 1.29 is 12.8 Å². The van der Waals surface area contributed by atoms with Crippen LogP contribution in [0.15, 0.2) is 29.2 Å². The fourth-order valence-corrected chi connectivity index (χ4v) is 3.55. The van der Waals surface area contributed by atoms with Crippen LogP contribution < -0.4 is 0 Å². The fourth-order valence-electron chi connectivity index (χ4n) is 2.02. The van der Waals surface area contributed by atoms with Crippen molar-refractivity contribution in [2.75, 3.05) is 13.1 Å². The van der Waals surface area contributed by atoms with Crippen LogP contribution in [0.2, 0.25) is 0 Å². The largest absolute Gasteiger partial charge is 0.245 e. The molecule has 17 heavy (non-hydrogen) atoms. The van der Waals surface area contributed by atoms with Gasteiger partial charge < -0.3 is 0 Å². The maximum absolute atomic E-state index is 13.5. The van der Waals surface area contributed by atoms with E-state index in [2.05, 4.69) is 6.92 Å². The lowest BCUT2D eigenvalue weighted by Crippen LogP contribution is -2.38. The predicted octanol–water partition coefficient (Wildman–Crippen LogP) is 2.25. The van der Waals surface area contributed by atoms with Crippen LogP contribution in [0, 0.1) is 11.7 Å². The van der Waals surface area contributed by atoms with Crippen molar-refractivity contribution in [3.8, 4) is 0 Å². The summed E-state index contributed by atoms with van der Waals surface area (Å²) >= 11 is 0. The van der Waals surface area contributed by atoms with Gasteiger partial charge in [0.05, 0.1) is 0 Å². The first kappa shape index (κ1) is 12.5. The van der Waals surface area contributed by atoms with Crippen molar-refractivity contribution in [2.24, 2.45) is 5.92 Å². The lowest BCUT2D eigenvalue weighted by molar-refractivity contribution is 0.287. The summed E-state index contributed by atoms with van der Waals surface area (Å²) in [6.45, 7) is 3.07. The third-order valence-electron chi connectivity index (χ3n) is 3.20. The summed E-state index contributed by atoms with van der Waals surface area (Å²) in [7, 11) is -3.66. The van der Waals surface area contributed by atoms with Gasteiger partial charge in [0.2, 0.25) is 10.0 Å². The molecule has 3 nitrogen and oxygen atoms in total. The maximum atomic E-state index is 13.5. The smallest absolute Gasteiger partial charge is 0.207 e. The van der Waals surface area contributed by atoms with Crippen molar-refractivity contribution >= 4 is 10.0 Å². The van der Waals surface area contributed by atoms with E-state index >= 15 is 0 Å². The molecule has 0 amide bonds. The molecule has 1 aromatic carbocycles. The van der Waals surface area contributed by atoms with E-state index in [1.54, 1.807) is 6.07 Å². The van der Waals surface area contributed by atoms with Gasteiger partial charge in [0.15, 0.2) is 0 Å². The minimum atomic E-state index is -3.66. The first-order valence-corrected chi connectivity index (χ1v) is 7.20. The van der Waals surface area contributed by atoms with Crippen molar-refractivity contribution in [1.29, 1.82) is 0 Å². The lowest BCUT2D eigenvalue weighted by atomic mass is 10.0. The Morgan fingerprint density at radius 1 is 1.24 bits per heavy atom. The van der Waals surface area contributed by atoms with Gasteiger partial charge in [-0.05, 0) is 30.9 Å². The van der Waals surface area contributed by atoms with Crippen LogP contribution in [0.5, 0.6) is 0 Å². The second kappa shape index (κ2) is 4.74. The zero-order valence-corrected chi connectivity index (χ0v) is 10.6. The second-order valence-electron chi connectivity index (χ2n) is 4.52. The van der Waals surface area contributed by atoms with Gasteiger partial charge in [-0.15, -0.1) is 0 Å². The van der Waals surface area contributed by atoms with E-state index in [1.165, 1.54) is 22.5 Å². The topological polar surface area (TPSA) is 37.4 Å². The summed E-state index contributed by atoms with van der Waals surface area (Å²) in [4.78, 5) is -0.213. The van der Waals surface area contributed by atoms with E-state index in [0.717, 1.165) is 12.8 Å². The maximum Gasteiger partial charge on any atom is 0.245 e. The van der Waals surface area contributed by atoms with E-state index in [1.807, 2.05) is 0 Å². The fraction of sp³-hybridized carbons (Fsp3) is 0.500. The SMILES string of the molecule is CC1CCN(S(=O)(=O)c2ccccc2F)CC1. The van der Waals surface area contributed by atoms with Crippen molar-refractivity contribution in [3.63, 3.8) is 0 Å². The summed E-state index contributed by atoms with van der Waals surface area (Å²) in [5.74, 6) is -0.131. The summed E-state index contributed by atoms with van der Waals surface area (Å²) in [6.07, 6.45) is 1.68. The molecular weight excluding hydrogens is 241 g/mol. The highest BCUT2D eigenvalue weighted by Gasteiger charge is 2.29. The molecule has 94 valence electrons. The van der Waals surface area contributed by atoms with Crippen LogP contribution in [0.4, 0.5) is 4.39 Å².